The van der Waals surface area contributed by atoms with Crippen LogP contribution in [0, 0.1) is 0 Å². The first kappa shape index (κ1) is 11.4. The molecule has 4 nitrogen and oxygen atoms in total. The molecule has 0 radical (unpaired) electrons. The molecule has 12 heavy (non-hydrogen) atoms. The van der Waals surface area contributed by atoms with E-state index >= 15 is 0 Å². The second-order valence-electron chi connectivity index (χ2n) is 3.03. The van der Waals surface area contributed by atoms with Gasteiger partial charge in [-0.15, -0.1) is 0 Å². The molecule has 0 aromatic rings. The zero-order chi connectivity index (χ0) is 9.56. The Hall–Kier alpha value is -0.610. The highest BCUT2D eigenvalue weighted by molar-refractivity contribution is 5.74. The van der Waals surface area contributed by atoms with Crippen LogP contribution in [0.2, 0.25) is 0 Å². The lowest BCUT2D eigenvalue weighted by Gasteiger charge is -2.15. The number of amides is 1. The third kappa shape index (κ3) is 5.09. The summed E-state index contributed by atoms with van der Waals surface area (Å²) in [5, 5.41) is 9.89. The van der Waals surface area contributed by atoms with E-state index in [1.165, 1.54) is 0 Å². The van der Waals surface area contributed by atoms with Crippen molar-refractivity contribution in [2.75, 3.05) is 27.2 Å². The van der Waals surface area contributed by atoms with Gasteiger partial charge >= 0.3 is 0 Å². The zero-order valence-electron chi connectivity index (χ0n) is 8.08. The van der Waals surface area contributed by atoms with E-state index in [2.05, 4.69) is 0 Å². The summed E-state index contributed by atoms with van der Waals surface area (Å²) in [6.45, 7) is 3.04. The molecule has 1 amide bonds. The molecule has 72 valence electrons. The van der Waals surface area contributed by atoms with E-state index in [4.69, 9.17) is 5.21 Å². The van der Waals surface area contributed by atoms with Crippen LogP contribution in [0.1, 0.15) is 19.8 Å². The molecule has 4 heteroatoms. The SMILES string of the molecule is CCC(=O)N(O)CCCN(C)C. The molecule has 0 aromatic carbocycles. The molecule has 0 heterocycles. The molecule has 1 N–H and O–H groups in total. The van der Waals surface area contributed by atoms with Gasteiger partial charge in [0.05, 0.1) is 0 Å². The van der Waals surface area contributed by atoms with Crippen LogP contribution in [-0.2, 0) is 4.79 Å². The Kier molecular flexibility index (Phi) is 5.66. The monoisotopic (exact) mass is 174 g/mol. The number of nitrogens with zero attached hydrogens (tertiary/aromatic N) is 2. The maximum absolute atomic E-state index is 10.8. The third-order valence-electron chi connectivity index (χ3n) is 1.57. The topological polar surface area (TPSA) is 43.8 Å². The van der Waals surface area contributed by atoms with Crippen molar-refractivity contribution >= 4 is 5.91 Å². The molecule has 0 aliphatic carbocycles. The van der Waals surface area contributed by atoms with Crippen LogP contribution in [0.3, 0.4) is 0 Å². The first-order valence-corrected chi connectivity index (χ1v) is 4.22. The van der Waals surface area contributed by atoms with Crippen LogP contribution in [0.25, 0.3) is 0 Å². The number of hydrogen-bond donors (Lipinski definition) is 1. The minimum atomic E-state index is -0.214. The average Bonchev–Trinajstić information content (AvgIpc) is 2.02. The average molecular weight is 174 g/mol. The third-order valence-corrected chi connectivity index (χ3v) is 1.57. The van der Waals surface area contributed by atoms with Gasteiger partial charge in [-0.2, -0.15) is 0 Å². The van der Waals surface area contributed by atoms with Gasteiger partial charge in [0.1, 0.15) is 0 Å². The molecule has 0 fully saturated rings. The molecular weight excluding hydrogens is 156 g/mol. The lowest BCUT2D eigenvalue weighted by molar-refractivity contribution is -0.165. The number of carbonyl (C=O) groups excluding carboxylic acids is 1. The summed E-state index contributed by atoms with van der Waals surface area (Å²) in [7, 11) is 3.92. The van der Waals surface area contributed by atoms with E-state index in [-0.39, 0.29) is 5.91 Å². The number of rotatable bonds is 5. The van der Waals surface area contributed by atoms with Crippen molar-refractivity contribution in [3.63, 3.8) is 0 Å². The lowest BCUT2D eigenvalue weighted by Crippen LogP contribution is -2.29. The fourth-order valence-electron chi connectivity index (χ4n) is 0.844. The molecule has 0 saturated carbocycles. The largest absolute Gasteiger partial charge is 0.309 e. The maximum atomic E-state index is 10.8. The summed E-state index contributed by atoms with van der Waals surface area (Å²) >= 11 is 0. The van der Waals surface area contributed by atoms with Crippen molar-refractivity contribution < 1.29 is 10.0 Å². The number of hydroxylamine groups is 2. The zero-order valence-corrected chi connectivity index (χ0v) is 8.08. The minimum Gasteiger partial charge on any atom is -0.309 e. The molecule has 0 spiro atoms. The number of hydrogen-bond acceptors (Lipinski definition) is 3. The maximum Gasteiger partial charge on any atom is 0.245 e. The summed E-state index contributed by atoms with van der Waals surface area (Å²) in [6.07, 6.45) is 1.16. The molecule has 0 unspecified atom stereocenters. The van der Waals surface area contributed by atoms with Crippen LogP contribution in [-0.4, -0.2) is 48.3 Å². The Labute approximate surface area is 73.7 Å². The molecule has 0 aliphatic rings. The predicted octanol–water partition coefficient (Wildman–Crippen LogP) is 0.566. The summed E-state index contributed by atoms with van der Waals surface area (Å²) in [4.78, 5) is 12.9. The summed E-state index contributed by atoms with van der Waals surface area (Å²) in [5.74, 6) is -0.214. The highest BCUT2D eigenvalue weighted by atomic mass is 16.5. The van der Waals surface area contributed by atoms with E-state index in [9.17, 15) is 4.79 Å². The molecular formula is C8H18N2O2. The second-order valence-corrected chi connectivity index (χ2v) is 3.03. The van der Waals surface area contributed by atoms with Gasteiger partial charge in [-0.25, -0.2) is 5.06 Å². The van der Waals surface area contributed by atoms with Gasteiger partial charge in [0, 0.05) is 13.0 Å². The standard InChI is InChI=1S/C8H18N2O2/c1-4-8(11)10(12)7-5-6-9(2)3/h12H,4-7H2,1-3H3. The predicted molar refractivity (Wildman–Crippen MR) is 47.0 cm³/mol. The molecule has 0 rings (SSSR count). The van der Waals surface area contributed by atoms with E-state index in [1.807, 2.05) is 19.0 Å². The summed E-state index contributed by atoms with van der Waals surface area (Å²) in [6, 6.07) is 0. The van der Waals surface area contributed by atoms with Gasteiger partial charge in [-0.1, -0.05) is 6.92 Å². The summed E-state index contributed by atoms with van der Waals surface area (Å²) < 4.78 is 0. The van der Waals surface area contributed by atoms with E-state index in [0.717, 1.165) is 18.0 Å². The van der Waals surface area contributed by atoms with Crippen molar-refractivity contribution in [1.29, 1.82) is 0 Å². The Morgan fingerprint density at radius 1 is 1.33 bits per heavy atom. The fraction of sp³-hybridized carbons (Fsp3) is 0.875. The van der Waals surface area contributed by atoms with Gasteiger partial charge in [-0.3, -0.25) is 10.0 Å². The normalized spacial score (nSPS) is 10.4. The Balaban J connectivity index is 3.43. The van der Waals surface area contributed by atoms with E-state index in [0.29, 0.717) is 13.0 Å². The van der Waals surface area contributed by atoms with Crippen LogP contribution in [0.5, 0.6) is 0 Å². The molecule has 0 aliphatic heterocycles. The van der Waals surface area contributed by atoms with Crippen molar-refractivity contribution in [2.45, 2.75) is 19.8 Å². The van der Waals surface area contributed by atoms with Crippen molar-refractivity contribution in [3.05, 3.63) is 0 Å². The van der Waals surface area contributed by atoms with Gasteiger partial charge < -0.3 is 4.90 Å². The highest BCUT2D eigenvalue weighted by Crippen LogP contribution is 1.92. The Morgan fingerprint density at radius 3 is 2.33 bits per heavy atom. The lowest BCUT2D eigenvalue weighted by atomic mass is 10.3. The smallest absolute Gasteiger partial charge is 0.245 e. The van der Waals surface area contributed by atoms with Gasteiger partial charge in [0.2, 0.25) is 5.91 Å². The van der Waals surface area contributed by atoms with Crippen molar-refractivity contribution in [1.82, 2.24) is 9.96 Å². The van der Waals surface area contributed by atoms with Gasteiger partial charge in [0.25, 0.3) is 0 Å². The first-order valence-electron chi connectivity index (χ1n) is 4.22. The van der Waals surface area contributed by atoms with Crippen molar-refractivity contribution in [2.24, 2.45) is 0 Å². The van der Waals surface area contributed by atoms with Gasteiger partial charge in [0.15, 0.2) is 0 Å². The molecule has 0 atom stereocenters. The molecule has 0 aromatic heterocycles. The molecule has 0 bridgehead atoms. The van der Waals surface area contributed by atoms with Crippen LogP contribution < -0.4 is 0 Å². The fourth-order valence-corrected chi connectivity index (χ4v) is 0.844. The van der Waals surface area contributed by atoms with E-state index in [1.54, 1.807) is 6.92 Å². The minimum absolute atomic E-state index is 0.214. The van der Waals surface area contributed by atoms with Crippen LogP contribution in [0.4, 0.5) is 0 Å². The van der Waals surface area contributed by atoms with Crippen LogP contribution >= 0.6 is 0 Å². The van der Waals surface area contributed by atoms with Gasteiger partial charge in [-0.05, 0) is 27.1 Å². The second kappa shape index (κ2) is 5.97. The highest BCUT2D eigenvalue weighted by Gasteiger charge is 2.06. The first-order chi connectivity index (χ1) is 5.57. The summed E-state index contributed by atoms with van der Waals surface area (Å²) in [5.41, 5.74) is 0. The molecule has 0 saturated heterocycles. The van der Waals surface area contributed by atoms with Crippen molar-refractivity contribution in [3.8, 4) is 0 Å². The quantitative estimate of drug-likeness (QED) is 0.489. The number of carbonyl (C=O) groups is 1. The Bertz CT molecular complexity index is 137. The van der Waals surface area contributed by atoms with E-state index < -0.39 is 0 Å². The van der Waals surface area contributed by atoms with Crippen LogP contribution in [0.15, 0.2) is 0 Å². The Morgan fingerprint density at radius 2 is 1.92 bits per heavy atom.